The lowest BCUT2D eigenvalue weighted by molar-refractivity contribution is 0.240. The van der Waals surface area contributed by atoms with Crippen LogP contribution in [0.2, 0.25) is 0 Å². The van der Waals surface area contributed by atoms with Crippen molar-refractivity contribution >= 4 is 15.9 Å². The van der Waals surface area contributed by atoms with Crippen LogP contribution in [0.1, 0.15) is 31.7 Å². The maximum atomic E-state index is 4.20. The van der Waals surface area contributed by atoms with Gasteiger partial charge in [-0.2, -0.15) is 0 Å². The molecule has 0 spiro atoms. The van der Waals surface area contributed by atoms with Gasteiger partial charge in [0.15, 0.2) is 0 Å². The van der Waals surface area contributed by atoms with Crippen molar-refractivity contribution in [3.63, 3.8) is 0 Å². The van der Waals surface area contributed by atoms with Gasteiger partial charge in [0, 0.05) is 29.5 Å². The lowest BCUT2D eigenvalue weighted by Crippen LogP contribution is -2.28. The van der Waals surface area contributed by atoms with Gasteiger partial charge in [-0.15, -0.1) is 0 Å². The molecule has 0 bridgehead atoms. The second-order valence-electron chi connectivity index (χ2n) is 4.19. The SMILES string of the molecule is CCC1CCCN1Cc1cncc(Br)c1. The van der Waals surface area contributed by atoms with Crippen molar-refractivity contribution in [2.24, 2.45) is 0 Å². The minimum atomic E-state index is 0.781. The normalized spacial score (nSPS) is 22.1. The first-order valence-corrected chi connectivity index (χ1v) is 6.42. The molecule has 1 aromatic rings. The van der Waals surface area contributed by atoms with E-state index >= 15 is 0 Å². The molecule has 1 unspecified atom stereocenters. The maximum Gasteiger partial charge on any atom is 0.0410 e. The quantitative estimate of drug-likeness (QED) is 0.837. The number of likely N-dealkylation sites (tertiary alicyclic amines) is 1. The zero-order valence-corrected chi connectivity index (χ0v) is 10.7. The summed E-state index contributed by atoms with van der Waals surface area (Å²) in [5.74, 6) is 0. The van der Waals surface area contributed by atoms with Gasteiger partial charge in [-0.3, -0.25) is 9.88 Å². The van der Waals surface area contributed by atoms with Crippen LogP contribution in [0.5, 0.6) is 0 Å². The summed E-state index contributed by atoms with van der Waals surface area (Å²) in [5, 5.41) is 0. The van der Waals surface area contributed by atoms with Crippen molar-refractivity contribution in [3.8, 4) is 0 Å². The van der Waals surface area contributed by atoms with Gasteiger partial charge in [-0.25, -0.2) is 0 Å². The van der Waals surface area contributed by atoms with Crippen LogP contribution in [0, 0.1) is 0 Å². The molecule has 0 N–H and O–H groups in total. The predicted octanol–water partition coefficient (Wildman–Crippen LogP) is 3.22. The minimum absolute atomic E-state index is 0.781. The zero-order valence-electron chi connectivity index (χ0n) is 9.12. The van der Waals surface area contributed by atoms with E-state index in [1.54, 1.807) is 0 Å². The molecule has 1 saturated heterocycles. The van der Waals surface area contributed by atoms with Crippen molar-refractivity contribution in [3.05, 3.63) is 28.5 Å². The Hall–Kier alpha value is -0.410. The van der Waals surface area contributed by atoms with Crippen molar-refractivity contribution in [2.75, 3.05) is 6.54 Å². The number of hydrogen-bond acceptors (Lipinski definition) is 2. The van der Waals surface area contributed by atoms with Crippen LogP contribution in [0.15, 0.2) is 22.9 Å². The maximum absolute atomic E-state index is 4.20. The molecule has 0 saturated carbocycles. The third kappa shape index (κ3) is 2.79. The Bertz CT molecular complexity index is 327. The molecule has 0 radical (unpaired) electrons. The summed E-state index contributed by atoms with van der Waals surface area (Å²) >= 11 is 3.46. The second kappa shape index (κ2) is 5.08. The van der Waals surface area contributed by atoms with Crippen molar-refractivity contribution in [1.82, 2.24) is 9.88 Å². The summed E-state index contributed by atoms with van der Waals surface area (Å²) in [5.41, 5.74) is 1.31. The molecule has 82 valence electrons. The fourth-order valence-corrected chi connectivity index (χ4v) is 2.75. The van der Waals surface area contributed by atoms with Crippen LogP contribution in [-0.2, 0) is 6.54 Å². The number of rotatable bonds is 3. The highest BCUT2D eigenvalue weighted by molar-refractivity contribution is 9.10. The van der Waals surface area contributed by atoms with Crippen LogP contribution >= 0.6 is 15.9 Å². The Labute approximate surface area is 99.8 Å². The fourth-order valence-electron chi connectivity index (χ4n) is 2.34. The van der Waals surface area contributed by atoms with Crippen molar-refractivity contribution < 1.29 is 0 Å². The van der Waals surface area contributed by atoms with E-state index in [0.717, 1.165) is 17.1 Å². The Morgan fingerprint density at radius 1 is 1.53 bits per heavy atom. The van der Waals surface area contributed by atoms with Crippen LogP contribution in [0.25, 0.3) is 0 Å². The number of aromatic nitrogens is 1. The molecule has 15 heavy (non-hydrogen) atoms. The van der Waals surface area contributed by atoms with E-state index in [2.05, 4.69) is 38.8 Å². The molecule has 1 atom stereocenters. The minimum Gasteiger partial charge on any atom is -0.296 e. The third-order valence-electron chi connectivity index (χ3n) is 3.12. The topological polar surface area (TPSA) is 16.1 Å². The molecule has 2 rings (SSSR count). The lowest BCUT2D eigenvalue weighted by atomic mass is 10.1. The molecule has 3 heteroatoms. The van der Waals surface area contributed by atoms with Crippen molar-refractivity contribution in [2.45, 2.75) is 38.8 Å². The predicted molar refractivity (Wildman–Crippen MR) is 65.7 cm³/mol. The van der Waals surface area contributed by atoms with E-state index < -0.39 is 0 Å². The third-order valence-corrected chi connectivity index (χ3v) is 3.55. The molecular weight excluding hydrogens is 252 g/mol. The number of halogens is 1. The highest BCUT2D eigenvalue weighted by Crippen LogP contribution is 2.22. The van der Waals surface area contributed by atoms with Gasteiger partial charge in [0.25, 0.3) is 0 Å². The summed E-state index contributed by atoms with van der Waals surface area (Å²) in [6.45, 7) is 4.57. The number of nitrogens with zero attached hydrogens (tertiary/aromatic N) is 2. The molecule has 2 nitrogen and oxygen atoms in total. The Morgan fingerprint density at radius 2 is 2.40 bits per heavy atom. The highest BCUT2D eigenvalue weighted by Gasteiger charge is 2.22. The first kappa shape index (κ1) is 11.1. The summed E-state index contributed by atoms with van der Waals surface area (Å²) in [6.07, 6.45) is 7.78. The molecule has 1 aromatic heterocycles. The molecule has 1 aliphatic rings. The molecule has 0 aliphatic carbocycles. The van der Waals surface area contributed by atoms with Gasteiger partial charge >= 0.3 is 0 Å². The van der Waals surface area contributed by atoms with Crippen LogP contribution in [0.3, 0.4) is 0 Å². The molecule has 1 aliphatic heterocycles. The largest absolute Gasteiger partial charge is 0.296 e. The van der Waals surface area contributed by atoms with E-state index in [0.29, 0.717) is 0 Å². The van der Waals surface area contributed by atoms with E-state index in [9.17, 15) is 0 Å². The standard InChI is InChI=1S/C12H17BrN2/c1-2-12-4-3-5-15(12)9-10-6-11(13)8-14-7-10/h6-8,12H,2-5,9H2,1H3. The summed E-state index contributed by atoms with van der Waals surface area (Å²) in [7, 11) is 0. The fraction of sp³-hybridized carbons (Fsp3) is 0.583. The smallest absolute Gasteiger partial charge is 0.0410 e. The van der Waals surface area contributed by atoms with Crippen molar-refractivity contribution in [1.29, 1.82) is 0 Å². The molecule has 0 amide bonds. The molecule has 0 aromatic carbocycles. The first-order valence-electron chi connectivity index (χ1n) is 5.63. The second-order valence-corrected chi connectivity index (χ2v) is 5.10. The Kier molecular flexibility index (Phi) is 3.76. The lowest BCUT2D eigenvalue weighted by Gasteiger charge is -2.23. The molecule has 1 fully saturated rings. The van der Waals surface area contributed by atoms with Gasteiger partial charge in [-0.05, 0) is 53.4 Å². The summed E-state index contributed by atoms with van der Waals surface area (Å²) < 4.78 is 1.08. The van der Waals surface area contributed by atoms with Gasteiger partial charge in [0.2, 0.25) is 0 Å². The van der Waals surface area contributed by atoms with Crippen LogP contribution in [0.4, 0.5) is 0 Å². The highest BCUT2D eigenvalue weighted by atomic mass is 79.9. The van der Waals surface area contributed by atoms with E-state index in [1.807, 2.05) is 12.4 Å². The van der Waals surface area contributed by atoms with Gasteiger partial charge < -0.3 is 0 Å². The summed E-state index contributed by atoms with van der Waals surface area (Å²) in [4.78, 5) is 6.78. The molecule has 2 heterocycles. The van der Waals surface area contributed by atoms with Crippen LogP contribution < -0.4 is 0 Å². The first-order chi connectivity index (χ1) is 7.29. The number of hydrogen-bond donors (Lipinski definition) is 0. The summed E-state index contributed by atoms with van der Waals surface area (Å²) in [6, 6.07) is 2.95. The monoisotopic (exact) mass is 268 g/mol. The van der Waals surface area contributed by atoms with Gasteiger partial charge in [0.1, 0.15) is 0 Å². The van der Waals surface area contributed by atoms with Crippen LogP contribution in [-0.4, -0.2) is 22.5 Å². The van der Waals surface area contributed by atoms with E-state index in [-0.39, 0.29) is 0 Å². The van der Waals surface area contributed by atoms with Gasteiger partial charge in [0.05, 0.1) is 0 Å². The average Bonchev–Trinajstić information content (AvgIpc) is 2.65. The van der Waals surface area contributed by atoms with E-state index in [1.165, 1.54) is 31.4 Å². The molecular formula is C12H17BrN2. The Morgan fingerprint density at radius 3 is 3.13 bits per heavy atom. The Balaban J connectivity index is 2.02. The van der Waals surface area contributed by atoms with E-state index in [4.69, 9.17) is 0 Å². The zero-order chi connectivity index (χ0) is 10.7. The number of pyridine rings is 1. The van der Waals surface area contributed by atoms with Gasteiger partial charge in [-0.1, -0.05) is 6.92 Å². The average molecular weight is 269 g/mol.